The molecule has 2 rings (SSSR count). The Morgan fingerprint density at radius 3 is 2.55 bits per heavy atom. The predicted molar refractivity (Wildman–Crippen MR) is 112 cm³/mol. The van der Waals surface area contributed by atoms with E-state index in [4.69, 9.17) is 0 Å². The maximum absolute atomic E-state index is 12.7. The van der Waals surface area contributed by atoms with E-state index in [2.05, 4.69) is 41.5 Å². The summed E-state index contributed by atoms with van der Waals surface area (Å²) in [5, 5.41) is 4.80. The Balaban J connectivity index is 2.00. The Morgan fingerprint density at radius 2 is 2.00 bits per heavy atom. The molecule has 1 aliphatic carbocycles. The maximum Gasteiger partial charge on any atom is 0.263 e. The van der Waals surface area contributed by atoms with Gasteiger partial charge in [-0.15, -0.1) is 0 Å². The molecule has 2 unspecified atom stereocenters. The number of benzene rings is 1. The van der Waals surface area contributed by atoms with Crippen molar-refractivity contribution in [1.82, 2.24) is 15.5 Å². The normalized spacial score (nSPS) is 16.0. The van der Waals surface area contributed by atoms with Gasteiger partial charge in [-0.3, -0.25) is 14.4 Å². The summed E-state index contributed by atoms with van der Waals surface area (Å²) < 4.78 is 0. The van der Waals surface area contributed by atoms with Gasteiger partial charge in [-0.25, -0.2) is 0 Å². The average molecular weight is 393 g/mol. The molecule has 1 aromatic carbocycles. The molecule has 2 atom stereocenters. The maximum atomic E-state index is 12.7. The molecule has 29 heavy (non-hydrogen) atoms. The minimum Gasteiger partial charge on any atom is -0.356 e. The standard InChI is InChI=1S/C23H27N3O3/c1-4-5-17-6-8-18(9-7-17)10-11-19-12-14-20(15-13-19)23(29)26(3)21(25-16-27)22(28)24-2/h6-9,12-14,16,20-21H,4-5,15H2,1-3H3,(H,24,28)(H,25,27). The summed E-state index contributed by atoms with van der Waals surface area (Å²) >= 11 is 0. The first-order valence-corrected chi connectivity index (χ1v) is 9.67. The van der Waals surface area contributed by atoms with E-state index >= 15 is 0 Å². The van der Waals surface area contributed by atoms with Crippen molar-refractivity contribution in [1.29, 1.82) is 0 Å². The van der Waals surface area contributed by atoms with Gasteiger partial charge in [-0.1, -0.05) is 55.5 Å². The van der Waals surface area contributed by atoms with Gasteiger partial charge in [0.1, 0.15) is 0 Å². The third kappa shape index (κ3) is 6.08. The number of rotatable bonds is 7. The Morgan fingerprint density at radius 1 is 1.28 bits per heavy atom. The second-order valence-electron chi connectivity index (χ2n) is 6.81. The van der Waals surface area contributed by atoms with Gasteiger partial charge >= 0.3 is 0 Å². The quantitative estimate of drug-likeness (QED) is 0.421. The molecule has 0 bridgehead atoms. The second-order valence-corrected chi connectivity index (χ2v) is 6.81. The number of carbonyl (C=O) groups excluding carboxylic acids is 3. The molecule has 152 valence electrons. The highest BCUT2D eigenvalue weighted by molar-refractivity contribution is 5.90. The molecule has 0 saturated heterocycles. The SMILES string of the molecule is CCCc1ccc(C#CC2=CCC(C(=O)N(C)C(NC=O)C(=O)NC)C=C2)cc1. The summed E-state index contributed by atoms with van der Waals surface area (Å²) in [7, 11) is 2.94. The summed E-state index contributed by atoms with van der Waals surface area (Å²) in [4.78, 5) is 36.6. The highest BCUT2D eigenvalue weighted by Crippen LogP contribution is 2.19. The number of hydrogen-bond acceptors (Lipinski definition) is 3. The number of hydrogen-bond donors (Lipinski definition) is 2. The fourth-order valence-electron chi connectivity index (χ4n) is 3.04. The Hall–Kier alpha value is -3.33. The fraction of sp³-hybridized carbons (Fsp3) is 0.348. The molecule has 2 N–H and O–H groups in total. The van der Waals surface area contributed by atoms with Gasteiger partial charge in [0.15, 0.2) is 6.17 Å². The highest BCUT2D eigenvalue weighted by Gasteiger charge is 2.29. The van der Waals surface area contributed by atoms with Crippen molar-refractivity contribution >= 4 is 18.2 Å². The molecule has 1 aromatic rings. The molecule has 0 fully saturated rings. The number of nitrogens with zero attached hydrogens (tertiary/aromatic N) is 1. The molecular weight excluding hydrogens is 366 g/mol. The Kier molecular flexibility index (Phi) is 8.23. The lowest BCUT2D eigenvalue weighted by Gasteiger charge is -2.29. The van der Waals surface area contributed by atoms with E-state index in [-0.39, 0.29) is 5.91 Å². The number of likely N-dealkylation sites (N-methyl/N-ethyl adjacent to an activating group) is 2. The van der Waals surface area contributed by atoms with Gasteiger partial charge in [0.25, 0.3) is 5.91 Å². The summed E-state index contributed by atoms with van der Waals surface area (Å²) in [5.74, 6) is 5.15. The lowest BCUT2D eigenvalue weighted by atomic mass is 9.95. The first kappa shape index (κ1) is 22.0. The van der Waals surface area contributed by atoms with E-state index in [9.17, 15) is 14.4 Å². The van der Waals surface area contributed by atoms with E-state index in [1.54, 1.807) is 6.08 Å². The number of aryl methyl sites for hydroxylation is 1. The molecular formula is C23H27N3O3. The van der Waals surface area contributed by atoms with E-state index in [0.717, 1.165) is 24.0 Å². The van der Waals surface area contributed by atoms with Gasteiger partial charge in [0.05, 0.1) is 5.92 Å². The van der Waals surface area contributed by atoms with Crippen molar-refractivity contribution in [2.24, 2.45) is 5.92 Å². The van der Waals surface area contributed by atoms with E-state index in [1.807, 2.05) is 24.3 Å². The van der Waals surface area contributed by atoms with E-state index < -0.39 is 18.0 Å². The molecule has 0 heterocycles. The summed E-state index contributed by atoms with van der Waals surface area (Å²) in [5.41, 5.74) is 3.10. The van der Waals surface area contributed by atoms with Crippen LogP contribution >= 0.6 is 0 Å². The largest absolute Gasteiger partial charge is 0.356 e. The van der Waals surface area contributed by atoms with Crippen LogP contribution in [0.4, 0.5) is 0 Å². The van der Waals surface area contributed by atoms with Crippen LogP contribution in [0.25, 0.3) is 0 Å². The van der Waals surface area contributed by atoms with E-state index in [0.29, 0.717) is 12.8 Å². The molecule has 0 aliphatic heterocycles. The zero-order valence-corrected chi connectivity index (χ0v) is 17.1. The average Bonchev–Trinajstić information content (AvgIpc) is 2.76. The first-order valence-electron chi connectivity index (χ1n) is 9.67. The van der Waals surface area contributed by atoms with Gasteiger partial charge in [-0.05, 0) is 30.5 Å². The van der Waals surface area contributed by atoms with Gasteiger partial charge in [0.2, 0.25) is 12.3 Å². The lowest BCUT2D eigenvalue weighted by Crippen LogP contribution is -2.55. The monoisotopic (exact) mass is 393 g/mol. The molecule has 6 nitrogen and oxygen atoms in total. The second kappa shape index (κ2) is 10.9. The molecule has 0 radical (unpaired) electrons. The van der Waals surface area contributed by atoms with Crippen LogP contribution in [0.1, 0.15) is 30.9 Å². The third-order valence-electron chi connectivity index (χ3n) is 4.72. The number of allylic oxidation sites excluding steroid dienone is 3. The summed E-state index contributed by atoms with van der Waals surface area (Å²) in [6.45, 7) is 2.16. The highest BCUT2D eigenvalue weighted by atomic mass is 16.2. The van der Waals surface area contributed by atoms with Crippen LogP contribution in [0.5, 0.6) is 0 Å². The number of nitrogens with one attached hydrogen (secondary N) is 2. The first-order chi connectivity index (χ1) is 14.0. The topological polar surface area (TPSA) is 78.5 Å². The molecule has 0 saturated carbocycles. The Labute approximate surface area is 172 Å². The van der Waals surface area contributed by atoms with Crippen LogP contribution in [-0.4, -0.2) is 43.4 Å². The number of amides is 3. The molecule has 6 heteroatoms. The minimum absolute atomic E-state index is 0.251. The van der Waals surface area contributed by atoms with Gasteiger partial charge in [0, 0.05) is 25.2 Å². The van der Waals surface area contributed by atoms with Crippen LogP contribution < -0.4 is 10.6 Å². The van der Waals surface area contributed by atoms with Gasteiger partial charge < -0.3 is 15.5 Å². The van der Waals surface area contributed by atoms with Crippen molar-refractivity contribution in [3.05, 3.63) is 59.2 Å². The third-order valence-corrected chi connectivity index (χ3v) is 4.72. The van der Waals surface area contributed by atoms with Crippen LogP contribution in [0.2, 0.25) is 0 Å². The van der Waals surface area contributed by atoms with Crippen LogP contribution in [-0.2, 0) is 20.8 Å². The smallest absolute Gasteiger partial charge is 0.263 e. The van der Waals surface area contributed by atoms with Crippen molar-refractivity contribution in [2.45, 2.75) is 32.4 Å². The van der Waals surface area contributed by atoms with Gasteiger partial charge in [-0.2, -0.15) is 0 Å². The van der Waals surface area contributed by atoms with E-state index in [1.165, 1.54) is 24.6 Å². The van der Waals surface area contributed by atoms with Crippen molar-refractivity contribution in [3.63, 3.8) is 0 Å². The van der Waals surface area contributed by atoms with Crippen molar-refractivity contribution < 1.29 is 14.4 Å². The minimum atomic E-state index is -1.04. The van der Waals surface area contributed by atoms with Crippen molar-refractivity contribution in [3.8, 4) is 11.8 Å². The fourth-order valence-corrected chi connectivity index (χ4v) is 3.04. The van der Waals surface area contributed by atoms with Crippen LogP contribution in [0, 0.1) is 17.8 Å². The molecule has 3 amide bonds. The van der Waals surface area contributed by atoms with Crippen LogP contribution in [0.3, 0.4) is 0 Å². The summed E-state index contributed by atoms with van der Waals surface area (Å²) in [6, 6.07) is 8.23. The molecule has 0 spiro atoms. The lowest BCUT2D eigenvalue weighted by molar-refractivity contribution is -0.142. The number of carbonyl (C=O) groups is 3. The zero-order valence-electron chi connectivity index (χ0n) is 17.1. The van der Waals surface area contributed by atoms with Crippen LogP contribution in [0.15, 0.2) is 48.1 Å². The molecule has 1 aliphatic rings. The molecule has 0 aromatic heterocycles. The zero-order chi connectivity index (χ0) is 21.2. The Bertz CT molecular complexity index is 860. The predicted octanol–water partition coefficient (Wildman–Crippen LogP) is 1.77. The summed E-state index contributed by atoms with van der Waals surface area (Å²) in [6.07, 6.45) is 7.55. The van der Waals surface area contributed by atoms with Crippen molar-refractivity contribution in [2.75, 3.05) is 14.1 Å².